The molecule has 0 radical (unpaired) electrons. The summed E-state index contributed by atoms with van der Waals surface area (Å²) >= 11 is 1.67. The van der Waals surface area contributed by atoms with Crippen LogP contribution in [-0.4, -0.2) is 28.9 Å². The smallest absolute Gasteiger partial charge is 0.221 e. The minimum atomic E-state index is -0.0971. The summed E-state index contributed by atoms with van der Waals surface area (Å²) in [7, 11) is 0. The molecule has 1 aliphatic rings. The number of allylic oxidation sites excluding steroid dienone is 1. The zero-order chi connectivity index (χ0) is 17.8. The summed E-state index contributed by atoms with van der Waals surface area (Å²) in [5, 5.41) is 2.73. The highest BCUT2D eigenvalue weighted by atomic mass is 32.1. The molecule has 1 aromatic heterocycles. The average molecular weight is 353 g/mol. The Kier molecular flexibility index (Phi) is 5.46. The van der Waals surface area contributed by atoms with E-state index < -0.39 is 0 Å². The fourth-order valence-corrected chi connectivity index (χ4v) is 3.74. The summed E-state index contributed by atoms with van der Waals surface area (Å²) in [6.07, 6.45) is 3.79. The van der Waals surface area contributed by atoms with Gasteiger partial charge in [0.25, 0.3) is 0 Å². The number of benzene rings is 1. The summed E-state index contributed by atoms with van der Waals surface area (Å²) in [6.45, 7) is 12.5. The van der Waals surface area contributed by atoms with Crippen LogP contribution in [0.1, 0.15) is 25.3 Å². The van der Waals surface area contributed by atoms with Crippen molar-refractivity contribution in [3.8, 4) is 0 Å². The zero-order valence-electron chi connectivity index (χ0n) is 14.5. The van der Waals surface area contributed by atoms with E-state index in [1.54, 1.807) is 11.3 Å². The Balaban J connectivity index is 1.65. The molecule has 0 spiro atoms. The van der Waals surface area contributed by atoms with Crippen LogP contribution in [0.4, 0.5) is 0 Å². The average Bonchev–Trinajstić information content (AvgIpc) is 2.95. The fourth-order valence-electron chi connectivity index (χ4n) is 3.09. The maximum absolute atomic E-state index is 11.1. The van der Waals surface area contributed by atoms with Gasteiger partial charge in [0.1, 0.15) is 0 Å². The summed E-state index contributed by atoms with van der Waals surface area (Å²) in [5.74, 6) is -0.0971. The fraction of sp³-hybridized carbons (Fsp3) is 0.300. The van der Waals surface area contributed by atoms with Gasteiger partial charge in [-0.1, -0.05) is 24.8 Å². The zero-order valence-corrected chi connectivity index (χ0v) is 15.4. The Hall–Kier alpha value is -2.24. The van der Waals surface area contributed by atoms with Gasteiger partial charge in [0.2, 0.25) is 5.91 Å². The van der Waals surface area contributed by atoms with Crippen LogP contribution in [0.25, 0.3) is 10.2 Å². The number of carbonyl (C=O) groups excluding carboxylic acids is 1. The van der Waals surface area contributed by atoms with Crippen molar-refractivity contribution in [2.45, 2.75) is 26.3 Å². The molecule has 1 aromatic carbocycles. The lowest BCUT2D eigenvalue weighted by atomic mass is 10.0. The molecule has 5 heteroatoms. The van der Waals surface area contributed by atoms with Crippen molar-refractivity contribution in [1.82, 2.24) is 15.2 Å². The number of carbonyl (C=O) groups is 1. The largest absolute Gasteiger partial charge is 0.327 e. The Labute approximate surface area is 152 Å². The number of nitrogens with one attached hydrogen (secondary N) is 1. The number of rotatable bonds is 4. The third-order valence-electron chi connectivity index (χ3n) is 4.37. The summed E-state index contributed by atoms with van der Waals surface area (Å²) in [6, 6.07) is 6.53. The molecular formula is C20H23N3OS. The standard InChI is InChI=1S/C20H23N3OS/c1-14-6-8-23(9-7-18(14)10-15(2)22-16(3)24)12-17-4-5-20-19(11-17)21-13-25-20/h4-5,10-11,13H,1-2,6-9,12H2,3H3,(H,22,24)/b18-10-. The van der Waals surface area contributed by atoms with Crippen LogP contribution in [-0.2, 0) is 11.3 Å². The van der Waals surface area contributed by atoms with Crippen LogP contribution in [0.15, 0.2) is 59.8 Å². The topological polar surface area (TPSA) is 45.2 Å². The van der Waals surface area contributed by atoms with E-state index in [1.807, 2.05) is 11.6 Å². The van der Waals surface area contributed by atoms with Gasteiger partial charge in [0, 0.05) is 32.3 Å². The van der Waals surface area contributed by atoms with Gasteiger partial charge in [-0.2, -0.15) is 0 Å². The molecule has 0 saturated carbocycles. The molecule has 0 bridgehead atoms. The van der Waals surface area contributed by atoms with E-state index >= 15 is 0 Å². The van der Waals surface area contributed by atoms with Crippen molar-refractivity contribution in [3.63, 3.8) is 0 Å². The summed E-state index contributed by atoms with van der Waals surface area (Å²) in [4.78, 5) is 18.0. The van der Waals surface area contributed by atoms with Gasteiger partial charge in [-0.25, -0.2) is 4.98 Å². The second-order valence-electron chi connectivity index (χ2n) is 6.41. The molecule has 130 valence electrons. The second-order valence-corrected chi connectivity index (χ2v) is 7.30. The van der Waals surface area contributed by atoms with Gasteiger partial charge >= 0.3 is 0 Å². The van der Waals surface area contributed by atoms with E-state index in [9.17, 15) is 4.79 Å². The SMILES string of the molecule is C=C(/C=C1/CCN(Cc2ccc3scnc3c2)CCC1=C)NC(C)=O. The Morgan fingerprint density at radius 2 is 2.20 bits per heavy atom. The van der Waals surface area contributed by atoms with Crippen molar-refractivity contribution in [2.24, 2.45) is 0 Å². The number of likely N-dealkylation sites (tertiary alicyclic amines) is 1. The molecule has 1 aliphatic heterocycles. The van der Waals surface area contributed by atoms with E-state index in [-0.39, 0.29) is 5.91 Å². The number of thiazole rings is 1. The second kappa shape index (κ2) is 7.76. The Morgan fingerprint density at radius 1 is 1.40 bits per heavy atom. The van der Waals surface area contributed by atoms with E-state index in [0.29, 0.717) is 5.70 Å². The predicted octanol–water partition coefficient (Wildman–Crippen LogP) is 4.02. The van der Waals surface area contributed by atoms with E-state index in [0.717, 1.165) is 43.6 Å². The number of hydrogen-bond acceptors (Lipinski definition) is 4. The molecule has 2 heterocycles. The first-order valence-corrected chi connectivity index (χ1v) is 9.29. The molecule has 1 fully saturated rings. The van der Waals surface area contributed by atoms with Gasteiger partial charge in [-0.15, -0.1) is 11.3 Å². The van der Waals surface area contributed by atoms with Crippen molar-refractivity contribution in [3.05, 3.63) is 65.4 Å². The predicted molar refractivity (Wildman–Crippen MR) is 104 cm³/mol. The third kappa shape index (κ3) is 4.65. The maximum atomic E-state index is 11.1. The van der Waals surface area contributed by atoms with Gasteiger partial charge in [-0.05, 0) is 42.2 Å². The normalized spacial score (nSPS) is 17.6. The number of hydrogen-bond donors (Lipinski definition) is 1. The molecule has 0 aliphatic carbocycles. The minimum absolute atomic E-state index is 0.0971. The molecular weight excluding hydrogens is 330 g/mol. The molecule has 25 heavy (non-hydrogen) atoms. The van der Waals surface area contributed by atoms with Gasteiger partial charge in [0.15, 0.2) is 0 Å². The van der Waals surface area contributed by atoms with Crippen LogP contribution in [0, 0.1) is 0 Å². The first kappa shape index (κ1) is 17.6. The van der Waals surface area contributed by atoms with Crippen LogP contribution < -0.4 is 5.32 Å². The van der Waals surface area contributed by atoms with E-state index in [4.69, 9.17) is 0 Å². The van der Waals surface area contributed by atoms with Crippen molar-refractivity contribution < 1.29 is 4.79 Å². The minimum Gasteiger partial charge on any atom is -0.327 e. The van der Waals surface area contributed by atoms with Crippen LogP contribution in [0.2, 0.25) is 0 Å². The van der Waals surface area contributed by atoms with Gasteiger partial charge in [-0.3, -0.25) is 9.69 Å². The van der Waals surface area contributed by atoms with Crippen molar-refractivity contribution in [2.75, 3.05) is 13.1 Å². The number of nitrogens with zero attached hydrogens (tertiary/aromatic N) is 2. The molecule has 0 unspecified atom stereocenters. The third-order valence-corrected chi connectivity index (χ3v) is 5.18. The summed E-state index contributed by atoms with van der Waals surface area (Å²) in [5.41, 5.74) is 7.20. The molecule has 1 N–H and O–H groups in total. The molecule has 3 rings (SSSR count). The van der Waals surface area contributed by atoms with Crippen LogP contribution in [0.3, 0.4) is 0 Å². The maximum Gasteiger partial charge on any atom is 0.221 e. The van der Waals surface area contributed by atoms with Crippen LogP contribution >= 0.6 is 11.3 Å². The quantitative estimate of drug-likeness (QED) is 0.903. The highest BCUT2D eigenvalue weighted by Crippen LogP contribution is 2.24. The Bertz CT molecular complexity index is 849. The summed E-state index contributed by atoms with van der Waals surface area (Å²) < 4.78 is 1.23. The van der Waals surface area contributed by atoms with Gasteiger partial charge < -0.3 is 5.32 Å². The first-order chi connectivity index (χ1) is 12.0. The number of fused-ring (bicyclic) bond motifs is 1. The lowest BCUT2D eigenvalue weighted by Gasteiger charge is -2.19. The number of amides is 1. The van der Waals surface area contributed by atoms with E-state index in [1.165, 1.54) is 22.8 Å². The van der Waals surface area contributed by atoms with Crippen LogP contribution in [0.5, 0.6) is 0 Å². The van der Waals surface area contributed by atoms with E-state index in [2.05, 4.69) is 46.6 Å². The monoisotopic (exact) mass is 353 g/mol. The highest BCUT2D eigenvalue weighted by Gasteiger charge is 2.15. The Morgan fingerprint density at radius 3 is 3.00 bits per heavy atom. The highest BCUT2D eigenvalue weighted by molar-refractivity contribution is 7.16. The molecule has 0 atom stereocenters. The molecule has 1 saturated heterocycles. The van der Waals surface area contributed by atoms with Crippen molar-refractivity contribution >= 4 is 27.5 Å². The first-order valence-electron chi connectivity index (χ1n) is 8.41. The van der Waals surface area contributed by atoms with Crippen molar-refractivity contribution in [1.29, 1.82) is 0 Å². The molecule has 1 amide bonds. The number of aromatic nitrogens is 1. The van der Waals surface area contributed by atoms with Gasteiger partial charge in [0.05, 0.1) is 15.7 Å². The lowest BCUT2D eigenvalue weighted by molar-refractivity contribution is -0.118. The molecule has 2 aromatic rings. The molecule has 4 nitrogen and oxygen atoms in total. The lowest BCUT2D eigenvalue weighted by Crippen LogP contribution is -2.24.